The summed E-state index contributed by atoms with van der Waals surface area (Å²) in [5.41, 5.74) is 0. The van der Waals surface area contributed by atoms with Crippen molar-refractivity contribution in [3.05, 3.63) is 24.5 Å². The molecule has 1 unspecified atom stereocenters. The Hall–Kier alpha value is -1.82. The first-order valence-corrected chi connectivity index (χ1v) is 7.91. The third-order valence-corrected chi connectivity index (χ3v) is 4.02. The first-order chi connectivity index (χ1) is 10.8. The zero-order valence-electron chi connectivity index (χ0n) is 12.6. The second kappa shape index (κ2) is 7.45. The third-order valence-electron chi connectivity index (χ3n) is 4.02. The van der Waals surface area contributed by atoms with Gasteiger partial charge in [0.1, 0.15) is 18.0 Å². The maximum absolute atomic E-state index is 12.3. The number of carbonyl (C=O) groups excluding carboxylic acids is 1. The van der Waals surface area contributed by atoms with E-state index in [9.17, 15) is 4.79 Å². The summed E-state index contributed by atoms with van der Waals surface area (Å²) in [5, 5.41) is 0. The van der Waals surface area contributed by atoms with Crippen molar-refractivity contribution in [1.29, 1.82) is 0 Å². The van der Waals surface area contributed by atoms with E-state index in [0.717, 1.165) is 38.0 Å². The highest BCUT2D eigenvalue weighted by Crippen LogP contribution is 2.19. The zero-order valence-corrected chi connectivity index (χ0v) is 12.6. The van der Waals surface area contributed by atoms with Gasteiger partial charge in [-0.3, -0.25) is 4.98 Å². The van der Waals surface area contributed by atoms with Crippen LogP contribution in [-0.2, 0) is 9.47 Å². The van der Waals surface area contributed by atoms with E-state index in [1.165, 1.54) is 0 Å². The molecule has 0 spiro atoms. The van der Waals surface area contributed by atoms with Crippen LogP contribution in [-0.4, -0.2) is 54.5 Å². The van der Waals surface area contributed by atoms with E-state index in [1.54, 1.807) is 17.3 Å². The molecule has 2 fully saturated rings. The van der Waals surface area contributed by atoms with Crippen LogP contribution in [0.4, 0.5) is 4.79 Å². The molecule has 1 atom stereocenters. The Balaban J connectivity index is 1.50. The molecule has 1 aromatic rings. The summed E-state index contributed by atoms with van der Waals surface area (Å²) in [4.78, 5) is 18.0. The molecule has 1 aromatic heterocycles. The predicted molar refractivity (Wildman–Crippen MR) is 79.8 cm³/mol. The molecule has 1 amide bonds. The normalized spacial score (nSPS) is 23.1. The van der Waals surface area contributed by atoms with Crippen LogP contribution in [0.2, 0.25) is 0 Å². The zero-order chi connectivity index (χ0) is 15.2. The number of hydrogen-bond donors (Lipinski definition) is 0. The standard InChI is InChI=1S/C16H22N2O4/c19-16(22-14-5-10-20-11-6-14)18-9-1-2-15(12-18)21-13-3-7-17-8-4-13/h3-4,7-8,14-15H,1-2,5-6,9-12H2. The van der Waals surface area contributed by atoms with Crippen LogP contribution in [0.15, 0.2) is 24.5 Å². The fourth-order valence-electron chi connectivity index (χ4n) is 2.82. The van der Waals surface area contributed by atoms with E-state index in [1.807, 2.05) is 12.1 Å². The van der Waals surface area contributed by atoms with Gasteiger partial charge in [-0.15, -0.1) is 0 Å². The van der Waals surface area contributed by atoms with Crippen molar-refractivity contribution in [2.24, 2.45) is 0 Å². The van der Waals surface area contributed by atoms with Crippen molar-refractivity contribution in [2.75, 3.05) is 26.3 Å². The largest absolute Gasteiger partial charge is 0.488 e. The number of ether oxygens (including phenoxy) is 3. The maximum Gasteiger partial charge on any atom is 0.410 e. The highest BCUT2D eigenvalue weighted by Gasteiger charge is 2.28. The van der Waals surface area contributed by atoms with E-state index >= 15 is 0 Å². The molecule has 120 valence electrons. The van der Waals surface area contributed by atoms with Crippen molar-refractivity contribution >= 4 is 6.09 Å². The summed E-state index contributed by atoms with van der Waals surface area (Å²) in [7, 11) is 0. The molecule has 2 aliphatic rings. The number of nitrogens with zero attached hydrogens (tertiary/aromatic N) is 2. The van der Waals surface area contributed by atoms with Gasteiger partial charge in [0, 0.05) is 31.8 Å². The smallest absolute Gasteiger partial charge is 0.410 e. The van der Waals surface area contributed by atoms with Gasteiger partial charge in [-0.05, 0) is 25.0 Å². The van der Waals surface area contributed by atoms with E-state index in [2.05, 4.69) is 4.98 Å². The molecule has 3 heterocycles. The van der Waals surface area contributed by atoms with E-state index in [-0.39, 0.29) is 18.3 Å². The number of amides is 1. The van der Waals surface area contributed by atoms with Gasteiger partial charge in [-0.1, -0.05) is 0 Å². The Bertz CT molecular complexity index is 476. The molecular weight excluding hydrogens is 284 g/mol. The van der Waals surface area contributed by atoms with Crippen molar-refractivity contribution < 1.29 is 19.0 Å². The predicted octanol–water partition coefficient (Wildman–Crippen LogP) is 2.24. The number of pyridine rings is 1. The SMILES string of the molecule is O=C(OC1CCOCC1)N1CCCC(Oc2ccncc2)C1. The molecule has 0 aliphatic carbocycles. The summed E-state index contributed by atoms with van der Waals surface area (Å²) in [6.45, 7) is 2.65. The number of rotatable bonds is 3. The topological polar surface area (TPSA) is 60.9 Å². The quantitative estimate of drug-likeness (QED) is 0.857. The molecule has 2 aliphatic heterocycles. The number of hydrogen-bond acceptors (Lipinski definition) is 5. The van der Waals surface area contributed by atoms with Crippen molar-refractivity contribution in [2.45, 2.75) is 37.9 Å². The van der Waals surface area contributed by atoms with Crippen molar-refractivity contribution in [1.82, 2.24) is 9.88 Å². The average molecular weight is 306 g/mol. The van der Waals surface area contributed by atoms with Crippen LogP contribution < -0.4 is 4.74 Å². The van der Waals surface area contributed by atoms with Gasteiger partial charge in [-0.2, -0.15) is 0 Å². The minimum Gasteiger partial charge on any atom is -0.488 e. The van der Waals surface area contributed by atoms with Crippen molar-refractivity contribution in [3.63, 3.8) is 0 Å². The number of carbonyl (C=O) groups is 1. The first kappa shape index (κ1) is 15.1. The number of likely N-dealkylation sites (tertiary alicyclic amines) is 1. The first-order valence-electron chi connectivity index (χ1n) is 7.91. The monoisotopic (exact) mass is 306 g/mol. The van der Waals surface area contributed by atoms with Gasteiger partial charge >= 0.3 is 6.09 Å². The minimum absolute atomic E-state index is 0.0113. The maximum atomic E-state index is 12.3. The minimum atomic E-state index is -0.227. The van der Waals surface area contributed by atoms with Gasteiger partial charge < -0.3 is 19.1 Å². The van der Waals surface area contributed by atoms with Crippen LogP contribution in [0, 0.1) is 0 Å². The number of aromatic nitrogens is 1. The average Bonchev–Trinajstić information content (AvgIpc) is 2.57. The van der Waals surface area contributed by atoms with Crippen LogP contribution in [0.5, 0.6) is 5.75 Å². The molecule has 6 heteroatoms. The highest BCUT2D eigenvalue weighted by atomic mass is 16.6. The molecule has 22 heavy (non-hydrogen) atoms. The van der Waals surface area contributed by atoms with Gasteiger partial charge in [0.25, 0.3) is 0 Å². The van der Waals surface area contributed by atoms with Gasteiger partial charge in [0.2, 0.25) is 0 Å². The molecule has 0 saturated carbocycles. The highest BCUT2D eigenvalue weighted by molar-refractivity contribution is 5.68. The van der Waals surface area contributed by atoms with E-state index in [0.29, 0.717) is 19.8 Å². The molecule has 0 bridgehead atoms. The summed E-state index contributed by atoms with van der Waals surface area (Å²) < 4.78 is 16.8. The lowest BCUT2D eigenvalue weighted by Crippen LogP contribution is -2.45. The fourth-order valence-corrected chi connectivity index (χ4v) is 2.82. The molecule has 6 nitrogen and oxygen atoms in total. The molecule has 3 rings (SSSR count). The summed E-state index contributed by atoms with van der Waals surface area (Å²) in [6, 6.07) is 3.67. The molecule has 0 radical (unpaired) electrons. The summed E-state index contributed by atoms with van der Waals surface area (Å²) in [6.07, 6.45) is 6.63. The van der Waals surface area contributed by atoms with Crippen molar-refractivity contribution in [3.8, 4) is 5.75 Å². The molecule has 2 saturated heterocycles. The molecular formula is C16H22N2O4. The Morgan fingerprint density at radius 3 is 2.73 bits per heavy atom. The Kier molecular flexibility index (Phi) is 5.11. The van der Waals surface area contributed by atoms with Gasteiger partial charge in [0.05, 0.1) is 19.8 Å². The second-order valence-electron chi connectivity index (χ2n) is 5.71. The Morgan fingerprint density at radius 2 is 1.95 bits per heavy atom. The van der Waals surface area contributed by atoms with Crippen LogP contribution in [0.25, 0.3) is 0 Å². The van der Waals surface area contributed by atoms with Gasteiger partial charge in [-0.25, -0.2) is 4.79 Å². The fraction of sp³-hybridized carbons (Fsp3) is 0.625. The second-order valence-corrected chi connectivity index (χ2v) is 5.71. The third kappa shape index (κ3) is 4.10. The van der Waals surface area contributed by atoms with Gasteiger partial charge in [0.15, 0.2) is 0 Å². The molecule has 0 N–H and O–H groups in total. The summed E-state index contributed by atoms with van der Waals surface area (Å²) >= 11 is 0. The van der Waals surface area contributed by atoms with Crippen LogP contribution >= 0.6 is 0 Å². The Labute approximate surface area is 130 Å². The lowest BCUT2D eigenvalue weighted by atomic mass is 10.1. The summed E-state index contributed by atoms with van der Waals surface area (Å²) in [5.74, 6) is 0.791. The van der Waals surface area contributed by atoms with Crippen LogP contribution in [0.1, 0.15) is 25.7 Å². The lowest BCUT2D eigenvalue weighted by Gasteiger charge is -2.33. The van der Waals surface area contributed by atoms with Crippen LogP contribution in [0.3, 0.4) is 0 Å². The molecule has 0 aromatic carbocycles. The van der Waals surface area contributed by atoms with E-state index in [4.69, 9.17) is 14.2 Å². The number of piperidine rings is 1. The lowest BCUT2D eigenvalue weighted by molar-refractivity contribution is -0.0172. The van der Waals surface area contributed by atoms with E-state index < -0.39 is 0 Å². The Morgan fingerprint density at radius 1 is 1.18 bits per heavy atom.